The second kappa shape index (κ2) is 6.85. The predicted octanol–water partition coefficient (Wildman–Crippen LogP) is 2.58. The van der Waals surface area contributed by atoms with Gasteiger partial charge in [-0.05, 0) is 39.5 Å². The van der Waals surface area contributed by atoms with Crippen LogP contribution >= 0.6 is 15.9 Å². The lowest BCUT2D eigenvalue weighted by molar-refractivity contribution is -0.123. The maximum absolute atomic E-state index is 13.3. The van der Waals surface area contributed by atoms with Crippen molar-refractivity contribution in [3.05, 3.63) is 34.1 Å². The van der Waals surface area contributed by atoms with Crippen LogP contribution in [0, 0.1) is 11.7 Å². The molecule has 1 rings (SSSR count). The van der Waals surface area contributed by atoms with E-state index < -0.39 is 6.04 Å². The number of amides is 1. The van der Waals surface area contributed by atoms with Gasteiger partial charge in [0, 0.05) is 6.54 Å². The van der Waals surface area contributed by atoms with Crippen molar-refractivity contribution in [1.82, 2.24) is 5.32 Å². The first-order valence-electron chi connectivity index (χ1n) is 5.93. The average Bonchev–Trinajstić information content (AvgIpc) is 2.37. The number of hydrogen-bond acceptors (Lipinski definition) is 2. The minimum absolute atomic E-state index is 0.131. The Bertz CT molecular complexity index is 425. The zero-order chi connectivity index (χ0) is 13.7. The summed E-state index contributed by atoms with van der Waals surface area (Å²) in [4.78, 5) is 11.7. The van der Waals surface area contributed by atoms with Crippen LogP contribution in [0.1, 0.15) is 25.8 Å². The largest absolute Gasteiger partial charge is 0.351 e. The minimum Gasteiger partial charge on any atom is -0.351 e. The summed E-state index contributed by atoms with van der Waals surface area (Å²) >= 11 is 3.08. The van der Waals surface area contributed by atoms with Gasteiger partial charge < -0.3 is 11.1 Å². The molecule has 1 amide bonds. The standard InChI is InChI=1S/C13H18BrFN2O/c1-3-8(2)12(16)13(18)17-7-9-4-5-10(14)11(15)6-9/h4-6,8,12H,3,7,16H2,1-2H3,(H,17,18). The van der Waals surface area contributed by atoms with E-state index in [9.17, 15) is 9.18 Å². The van der Waals surface area contributed by atoms with Gasteiger partial charge in [0.15, 0.2) is 0 Å². The van der Waals surface area contributed by atoms with Crippen LogP contribution in [-0.2, 0) is 11.3 Å². The Morgan fingerprint density at radius 1 is 1.56 bits per heavy atom. The quantitative estimate of drug-likeness (QED) is 0.877. The highest BCUT2D eigenvalue weighted by Crippen LogP contribution is 2.16. The summed E-state index contributed by atoms with van der Waals surface area (Å²) in [6.07, 6.45) is 0.849. The zero-order valence-electron chi connectivity index (χ0n) is 10.5. The van der Waals surface area contributed by atoms with Gasteiger partial charge >= 0.3 is 0 Å². The third kappa shape index (κ3) is 4.07. The number of carbonyl (C=O) groups is 1. The number of halogens is 2. The second-order valence-electron chi connectivity index (χ2n) is 4.38. The van der Waals surface area contributed by atoms with Gasteiger partial charge in [0.2, 0.25) is 5.91 Å². The molecule has 18 heavy (non-hydrogen) atoms. The predicted molar refractivity (Wildman–Crippen MR) is 73.4 cm³/mol. The van der Waals surface area contributed by atoms with Crippen LogP contribution in [0.25, 0.3) is 0 Å². The lowest BCUT2D eigenvalue weighted by Crippen LogP contribution is -2.44. The van der Waals surface area contributed by atoms with E-state index in [-0.39, 0.29) is 24.2 Å². The van der Waals surface area contributed by atoms with Crippen molar-refractivity contribution in [2.24, 2.45) is 11.7 Å². The fourth-order valence-corrected chi connectivity index (χ4v) is 1.72. The summed E-state index contributed by atoms with van der Waals surface area (Å²) in [5.41, 5.74) is 6.50. The van der Waals surface area contributed by atoms with Gasteiger partial charge in [-0.15, -0.1) is 0 Å². The molecule has 0 saturated heterocycles. The van der Waals surface area contributed by atoms with Crippen molar-refractivity contribution in [1.29, 1.82) is 0 Å². The smallest absolute Gasteiger partial charge is 0.237 e. The molecule has 0 fully saturated rings. The van der Waals surface area contributed by atoms with E-state index in [4.69, 9.17) is 5.73 Å². The summed E-state index contributed by atoms with van der Waals surface area (Å²) in [6.45, 7) is 4.21. The molecule has 0 aliphatic rings. The van der Waals surface area contributed by atoms with Crippen molar-refractivity contribution in [2.45, 2.75) is 32.9 Å². The molecule has 0 radical (unpaired) electrons. The van der Waals surface area contributed by atoms with Gasteiger partial charge in [-0.3, -0.25) is 4.79 Å². The fourth-order valence-electron chi connectivity index (χ4n) is 1.47. The van der Waals surface area contributed by atoms with Crippen molar-refractivity contribution in [3.63, 3.8) is 0 Å². The molecular formula is C13H18BrFN2O. The highest BCUT2D eigenvalue weighted by Gasteiger charge is 2.18. The van der Waals surface area contributed by atoms with Crippen molar-refractivity contribution >= 4 is 21.8 Å². The van der Waals surface area contributed by atoms with E-state index in [1.807, 2.05) is 13.8 Å². The Balaban J connectivity index is 2.54. The number of nitrogens with two attached hydrogens (primary N) is 1. The van der Waals surface area contributed by atoms with E-state index >= 15 is 0 Å². The highest BCUT2D eigenvalue weighted by atomic mass is 79.9. The molecule has 1 aromatic carbocycles. The molecule has 2 unspecified atom stereocenters. The first-order valence-corrected chi connectivity index (χ1v) is 6.72. The van der Waals surface area contributed by atoms with Crippen LogP contribution in [-0.4, -0.2) is 11.9 Å². The maximum Gasteiger partial charge on any atom is 0.237 e. The Kier molecular flexibility index (Phi) is 5.75. The van der Waals surface area contributed by atoms with Gasteiger partial charge in [-0.1, -0.05) is 26.3 Å². The molecule has 0 spiro atoms. The average molecular weight is 317 g/mol. The van der Waals surface area contributed by atoms with E-state index in [1.165, 1.54) is 6.07 Å². The number of benzene rings is 1. The Morgan fingerprint density at radius 3 is 2.78 bits per heavy atom. The maximum atomic E-state index is 13.3. The Morgan fingerprint density at radius 2 is 2.22 bits per heavy atom. The second-order valence-corrected chi connectivity index (χ2v) is 5.23. The van der Waals surface area contributed by atoms with Gasteiger partial charge in [-0.2, -0.15) is 0 Å². The molecule has 0 heterocycles. The topological polar surface area (TPSA) is 55.1 Å². The molecule has 0 saturated carbocycles. The molecule has 5 heteroatoms. The van der Waals surface area contributed by atoms with E-state index in [0.717, 1.165) is 6.42 Å². The van der Waals surface area contributed by atoms with Crippen LogP contribution in [0.15, 0.2) is 22.7 Å². The van der Waals surface area contributed by atoms with Crippen molar-refractivity contribution < 1.29 is 9.18 Å². The van der Waals surface area contributed by atoms with Gasteiger partial charge in [0.1, 0.15) is 5.82 Å². The monoisotopic (exact) mass is 316 g/mol. The first-order chi connectivity index (χ1) is 8.45. The van der Waals surface area contributed by atoms with Gasteiger partial charge in [0.05, 0.1) is 10.5 Å². The Labute approximate surface area is 115 Å². The molecule has 0 bridgehead atoms. The summed E-state index contributed by atoms with van der Waals surface area (Å²) in [5, 5.41) is 2.71. The summed E-state index contributed by atoms with van der Waals surface area (Å²) < 4.78 is 13.7. The third-order valence-electron chi connectivity index (χ3n) is 3.01. The van der Waals surface area contributed by atoms with E-state index in [1.54, 1.807) is 12.1 Å². The van der Waals surface area contributed by atoms with Gasteiger partial charge in [-0.25, -0.2) is 4.39 Å². The number of nitrogens with one attached hydrogen (secondary N) is 1. The normalized spacial score (nSPS) is 14.1. The highest BCUT2D eigenvalue weighted by molar-refractivity contribution is 9.10. The summed E-state index contributed by atoms with van der Waals surface area (Å²) in [7, 11) is 0. The fraction of sp³-hybridized carbons (Fsp3) is 0.462. The molecule has 3 N–H and O–H groups in total. The lowest BCUT2D eigenvalue weighted by Gasteiger charge is -2.17. The summed E-state index contributed by atoms with van der Waals surface area (Å²) in [5.74, 6) is -0.410. The number of carbonyl (C=O) groups excluding carboxylic acids is 1. The third-order valence-corrected chi connectivity index (χ3v) is 3.65. The van der Waals surface area contributed by atoms with Crippen LogP contribution in [0.3, 0.4) is 0 Å². The molecule has 2 atom stereocenters. The molecular weight excluding hydrogens is 299 g/mol. The van der Waals surface area contributed by atoms with Crippen LogP contribution in [0.5, 0.6) is 0 Å². The van der Waals surface area contributed by atoms with Crippen molar-refractivity contribution in [3.8, 4) is 0 Å². The van der Waals surface area contributed by atoms with Crippen LogP contribution in [0.2, 0.25) is 0 Å². The molecule has 0 aromatic heterocycles. The lowest BCUT2D eigenvalue weighted by atomic mass is 9.99. The molecule has 0 aliphatic heterocycles. The van der Waals surface area contributed by atoms with E-state index in [2.05, 4.69) is 21.2 Å². The Hall–Kier alpha value is -0.940. The van der Waals surface area contributed by atoms with Crippen LogP contribution < -0.4 is 11.1 Å². The molecule has 0 aliphatic carbocycles. The number of hydrogen-bond donors (Lipinski definition) is 2. The minimum atomic E-state index is -0.518. The van der Waals surface area contributed by atoms with E-state index in [0.29, 0.717) is 10.0 Å². The summed E-state index contributed by atoms with van der Waals surface area (Å²) in [6, 6.07) is 4.24. The molecule has 1 aromatic rings. The SMILES string of the molecule is CCC(C)C(N)C(=O)NCc1ccc(Br)c(F)c1. The molecule has 100 valence electrons. The van der Waals surface area contributed by atoms with Gasteiger partial charge in [0.25, 0.3) is 0 Å². The van der Waals surface area contributed by atoms with Crippen molar-refractivity contribution in [2.75, 3.05) is 0 Å². The first kappa shape index (κ1) is 15.1. The molecule has 3 nitrogen and oxygen atoms in total. The number of rotatable bonds is 5. The van der Waals surface area contributed by atoms with Crippen LogP contribution in [0.4, 0.5) is 4.39 Å². The zero-order valence-corrected chi connectivity index (χ0v) is 12.1.